The summed E-state index contributed by atoms with van der Waals surface area (Å²) >= 11 is 0. The number of aliphatic hydroxyl groups is 8. The van der Waals surface area contributed by atoms with Gasteiger partial charge in [0.2, 0.25) is 0 Å². The first kappa shape index (κ1) is 51.9. The van der Waals surface area contributed by atoms with Gasteiger partial charge in [-0.25, -0.2) is 0 Å². The molecule has 2 fully saturated rings. The maximum atomic E-state index is 13.5. The van der Waals surface area contributed by atoms with Crippen molar-refractivity contribution in [3.63, 3.8) is 0 Å². The van der Waals surface area contributed by atoms with Gasteiger partial charge in [0, 0.05) is 0 Å². The van der Waals surface area contributed by atoms with Gasteiger partial charge in [-0.2, -0.15) is 0 Å². The molecule has 7 unspecified atom stereocenters. The number of esters is 1. The summed E-state index contributed by atoms with van der Waals surface area (Å²) in [6.07, 6.45) is 14.6. The van der Waals surface area contributed by atoms with Gasteiger partial charge in [-0.05, 0) is 38.5 Å². The molecule has 0 radical (unpaired) electrons. The second kappa shape index (κ2) is 31.6. The number of hydrogen-bond donors (Lipinski definition) is 8. The van der Waals surface area contributed by atoms with E-state index in [0.29, 0.717) is 12.8 Å². The summed E-state index contributed by atoms with van der Waals surface area (Å²) in [7, 11) is 0. The van der Waals surface area contributed by atoms with E-state index in [9.17, 15) is 45.6 Å². The zero-order valence-corrected chi connectivity index (χ0v) is 35.3. The van der Waals surface area contributed by atoms with E-state index in [2.05, 4.69) is 26.0 Å². The second-order valence-electron chi connectivity index (χ2n) is 16.5. The SMILES string of the molecule is CCCCCC/C=C/CCCCCCCC(O)C(CCCCCCCCCCCCCC)C(=O)OCC1O[C@H](O[C@H]2OC(CO)[C@@H](O)C(O)[C@H]2O)C(O)C(O)[C@@H]1O. The Morgan fingerprint density at radius 1 is 0.544 bits per heavy atom. The molecule has 57 heavy (non-hydrogen) atoms. The number of aliphatic hydroxyl groups excluding tert-OH is 8. The fourth-order valence-electron chi connectivity index (χ4n) is 7.69. The Labute approximate surface area is 343 Å². The molecule has 2 rings (SSSR count). The van der Waals surface area contributed by atoms with Gasteiger partial charge in [0.25, 0.3) is 0 Å². The van der Waals surface area contributed by atoms with Crippen LogP contribution in [0.3, 0.4) is 0 Å². The van der Waals surface area contributed by atoms with Crippen LogP contribution in [0.2, 0.25) is 0 Å². The maximum Gasteiger partial charge on any atom is 0.311 e. The molecule has 8 N–H and O–H groups in total. The lowest BCUT2D eigenvalue weighted by Gasteiger charge is -2.44. The highest BCUT2D eigenvalue weighted by Crippen LogP contribution is 2.29. The number of ether oxygens (including phenoxy) is 4. The molecular weight excluding hydrogens is 736 g/mol. The summed E-state index contributed by atoms with van der Waals surface area (Å²) in [5, 5.41) is 83.2. The third kappa shape index (κ3) is 20.3. The Morgan fingerprint density at radius 2 is 0.947 bits per heavy atom. The quantitative estimate of drug-likeness (QED) is 0.0234. The van der Waals surface area contributed by atoms with Crippen LogP contribution in [0, 0.1) is 5.92 Å². The van der Waals surface area contributed by atoms with Gasteiger partial charge >= 0.3 is 5.97 Å². The van der Waals surface area contributed by atoms with E-state index in [1.54, 1.807) is 0 Å². The van der Waals surface area contributed by atoms with Crippen molar-refractivity contribution in [1.29, 1.82) is 0 Å². The van der Waals surface area contributed by atoms with Crippen LogP contribution in [-0.2, 0) is 23.7 Å². The first-order chi connectivity index (χ1) is 27.6. The minimum absolute atomic E-state index is 0.445. The predicted molar refractivity (Wildman–Crippen MR) is 218 cm³/mol. The van der Waals surface area contributed by atoms with E-state index in [0.717, 1.165) is 70.6 Å². The van der Waals surface area contributed by atoms with Crippen molar-refractivity contribution in [2.45, 2.75) is 242 Å². The van der Waals surface area contributed by atoms with Gasteiger partial charge in [-0.1, -0.05) is 148 Å². The second-order valence-corrected chi connectivity index (χ2v) is 16.5. The Kier molecular flexibility index (Phi) is 28.8. The summed E-state index contributed by atoms with van der Waals surface area (Å²) < 4.78 is 22.1. The van der Waals surface area contributed by atoms with Crippen LogP contribution >= 0.6 is 0 Å². The monoisotopic (exact) mass is 819 g/mol. The lowest BCUT2D eigenvalue weighted by molar-refractivity contribution is -0.376. The number of carbonyl (C=O) groups is 1. The first-order valence-corrected chi connectivity index (χ1v) is 22.7. The van der Waals surface area contributed by atoms with Crippen molar-refractivity contribution in [2.24, 2.45) is 5.92 Å². The Hall–Kier alpha value is -1.23. The summed E-state index contributed by atoms with van der Waals surface area (Å²) in [5.74, 6) is -1.43. The van der Waals surface area contributed by atoms with Crippen LogP contribution in [0.4, 0.5) is 0 Å². The standard InChI is InChI=1S/C44H82O13/c1-3-5-7-9-11-13-15-17-19-21-23-25-27-29-33(46)32(28-26-24-22-20-18-16-14-12-10-8-6-4-2)42(53)54-31-35-37(48)39(50)41(52)44(56-35)57-43-40(51)38(49)36(47)34(30-45)55-43/h13,15,32-41,43-52H,3-12,14,16-31H2,1-2H3/b15-13+/t32?,33?,34?,35?,36-,37-,38?,39?,40-,41?,43-,44-/m1/s1. The van der Waals surface area contributed by atoms with E-state index in [-0.39, 0.29) is 0 Å². The number of rotatable bonds is 33. The molecule has 0 amide bonds. The van der Waals surface area contributed by atoms with E-state index in [1.165, 1.54) is 77.0 Å². The predicted octanol–water partition coefficient (Wildman–Crippen LogP) is 5.48. The fourth-order valence-corrected chi connectivity index (χ4v) is 7.69. The molecule has 0 aromatic carbocycles. The summed E-state index contributed by atoms with van der Waals surface area (Å²) in [5.41, 5.74) is 0. The van der Waals surface area contributed by atoms with Crippen molar-refractivity contribution in [1.82, 2.24) is 0 Å². The first-order valence-electron chi connectivity index (χ1n) is 22.7. The molecule has 0 aromatic rings. The summed E-state index contributed by atoms with van der Waals surface area (Å²) in [6, 6.07) is 0. The molecule has 0 saturated carbocycles. The summed E-state index contributed by atoms with van der Waals surface area (Å²) in [4.78, 5) is 13.5. The van der Waals surface area contributed by atoms with Gasteiger partial charge < -0.3 is 59.8 Å². The zero-order chi connectivity index (χ0) is 41.8. The molecule has 0 bridgehead atoms. The van der Waals surface area contributed by atoms with Gasteiger partial charge in [-0.15, -0.1) is 0 Å². The lowest BCUT2D eigenvalue weighted by atomic mass is 9.91. The number of hydrogen-bond acceptors (Lipinski definition) is 13. The zero-order valence-electron chi connectivity index (χ0n) is 35.3. The highest BCUT2D eigenvalue weighted by molar-refractivity contribution is 5.73. The summed E-state index contributed by atoms with van der Waals surface area (Å²) in [6.45, 7) is 3.22. The highest BCUT2D eigenvalue weighted by atomic mass is 16.8. The van der Waals surface area contributed by atoms with E-state index >= 15 is 0 Å². The van der Waals surface area contributed by atoms with Gasteiger partial charge in [-0.3, -0.25) is 4.79 Å². The van der Waals surface area contributed by atoms with Crippen LogP contribution in [0.1, 0.15) is 174 Å². The average molecular weight is 819 g/mol. The normalized spacial score (nSPS) is 29.2. The van der Waals surface area contributed by atoms with Gasteiger partial charge in [0.15, 0.2) is 12.6 Å². The number of allylic oxidation sites excluding steroid dienone is 2. The topological polar surface area (TPSA) is 216 Å². The molecule has 0 aliphatic carbocycles. The molecule has 2 saturated heterocycles. The molecule has 2 heterocycles. The van der Waals surface area contributed by atoms with Gasteiger partial charge in [0.05, 0.1) is 18.6 Å². The molecule has 336 valence electrons. The fraction of sp³-hybridized carbons (Fsp3) is 0.932. The lowest BCUT2D eigenvalue weighted by Crippen LogP contribution is -2.63. The third-order valence-electron chi connectivity index (χ3n) is 11.6. The van der Waals surface area contributed by atoms with Crippen LogP contribution in [0.5, 0.6) is 0 Å². The molecule has 12 atom stereocenters. The minimum atomic E-state index is -1.82. The van der Waals surface area contributed by atoms with Crippen molar-refractivity contribution in [3.8, 4) is 0 Å². The number of carbonyl (C=O) groups excluding carboxylic acids is 1. The van der Waals surface area contributed by atoms with Crippen LogP contribution in [0.25, 0.3) is 0 Å². The third-order valence-corrected chi connectivity index (χ3v) is 11.6. The molecular formula is C44H82O13. The van der Waals surface area contributed by atoms with Crippen LogP contribution in [-0.4, -0.2) is 128 Å². The molecule has 13 nitrogen and oxygen atoms in total. The Morgan fingerprint density at radius 3 is 1.44 bits per heavy atom. The van der Waals surface area contributed by atoms with Crippen molar-refractivity contribution < 1.29 is 64.6 Å². The molecule has 2 aliphatic heterocycles. The minimum Gasteiger partial charge on any atom is -0.463 e. The molecule has 2 aliphatic rings. The largest absolute Gasteiger partial charge is 0.463 e. The van der Waals surface area contributed by atoms with E-state index < -0.39 is 92.6 Å². The van der Waals surface area contributed by atoms with Crippen LogP contribution < -0.4 is 0 Å². The van der Waals surface area contributed by atoms with Gasteiger partial charge in [0.1, 0.15) is 55.4 Å². The highest BCUT2D eigenvalue weighted by Gasteiger charge is 2.50. The molecule has 0 spiro atoms. The van der Waals surface area contributed by atoms with Crippen molar-refractivity contribution in [3.05, 3.63) is 12.2 Å². The average Bonchev–Trinajstić information content (AvgIpc) is 3.20. The van der Waals surface area contributed by atoms with Crippen molar-refractivity contribution >= 4 is 5.97 Å². The van der Waals surface area contributed by atoms with E-state index in [1.807, 2.05) is 0 Å². The van der Waals surface area contributed by atoms with Crippen molar-refractivity contribution in [2.75, 3.05) is 13.2 Å². The smallest absolute Gasteiger partial charge is 0.311 e. The van der Waals surface area contributed by atoms with Crippen LogP contribution in [0.15, 0.2) is 12.2 Å². The van der Waals surface area contributed by atoms with E-state index in [4.69, 9.17) is 18.9 Å². The Balaban J connectivity index is 1.88. The Bertz CT molecular complexity index is 1010. The molecule has 0 aromatic heterocycles. The molecule has 13 heteroatoms. The number of unbranched alkanes of at least 4 members (excludes halogenated alkanes) is 20. The maximum absolute atomic E-state index is 13.5.